The van der Waals surface area contributed by atoms with Crippen molar-refractivity contribution in [3.05, 3.63) is 51.6 Å². The molecule has 0 aliphatic heterocycles. The zero-order valence-corrected chi connectivity index (χ0v) is 17.0. The highest BCUT2D eigenvalue weighted by Gasteiger charge is 2.20. The molecule has 3 rings (SSSR count). The van der Waals surface area contributed by atoms with Crippen LogP contribution >= 0.6 is 30.1 Å². The first-order valence-electron chi connectivity index (χ1n) is 7.60. The Hall–Kier alpha value is -1.86. The maximum atomic E-state index is 12.2. The van der Waals surface area contributed by atoms with Crippen molar-refractivity contribution in [2.75, 3.05) is 0 Å². The van der Waals surface area contributed by atoms with Crippen molar-refractivity contribution in [1.29, 1.82) is 0 Å². The number of halogens is 1. The SMILES string of the molecule is CC(C)(C)c1nc(=O)c2nnn(Cc3ccccc3C#CSI)c2[nH]1. The number of fused-ring (bicyclic) bond motifs is 1. The van der Waals surface area contributed by atoms with E-state index in [0.29, 0.717) is 18.0 Å². The first-order valence-corrected chi connectivity index (χ1v) is 11.0. The van der Waals surface area contributed by atoms with Crippen LogP contribution in [0.4, 0.5) is 0 Å². The van der Waals surface area contributed by atoms with E-state index in [1.807, 2.05) is 45.0 Å². The minimum atomic E-state index is -0.362. The lowest BCUT2D eigenvalue weighted by atomic mass is 9.96. The molecule has 0 fully saturated rings. The van der Waals surface area contributed by atoms with Crippen molar-refractivity contribution in [2.24, 2.45) is 0 Å². The predicted molar refractivity (Wildman–Crippen MR) is 109 cm³/mol. The van der Waals surface area contributed by atoms with Crippen LogP contribution in [-0.4, -0.2) is 25.0 Å². The maximum absolute atomic E-state index is 12.2. The molecule has 0 aliphatic rings. The fraction of sp³-hybridized carbons (Fsp3) is 0.294. The van der Waals surface area contributed by atoms with Gasteiger partial charge in [0.1, 0.15) is 5.82 Å². The Morgan fingerprint density at radius 2 is 2.08 bits per heavy atom. The van der Waals surface area contributed by atoms with Crippen LogP contribution in [0.2, 0.25) is 0 Å². The molecular weight excluding hydrogens is 449 g/mol. The number of nitrogens with zero attached hydrogens (tertiary/aromatic N) is 4. The van der Waals surface area contributed by atoms with Gasteiger partial charge in [-0.2, -0.15) is 4.98 Å². The molecule has 1 aromatic carbocycles. The fourth-order valence-electron chi connectivity index (χ4n) is 2.36. The van der Waals surface area contributed by atoms with Gasteiger partial charge in [-0.25, -0.2) is 4.68 Å². The summed E-state index contributed by atoms with van der Waals surface area (Å²) in [5.41, 5.74) is 2.14. The molecule has 0 amide bonds. The van der Waals surface area contributed by atoms with Crippen molar-refractivity contribution in [3.63, 3.8) is 0 Å². The van der Waals surface area contributed by atoms with E-state index in [-0.39, 0.29) is 16.5 Å². The number of rotatable bonds is 2. The highest BCUT2D eigenvalue weighted by atomic mass is 127. The van der Waals surface area contributed by atoms with Crippen LogP contribution in [0.1, 0.15) is 37.7 Å². The van der Waals surface area contributed by atoms with Crippen molar-refractivity contribution in [2.45, 2.75) is 32.7 Å². The standard InChI is InChI=1S/C17H16IN5OS/c1-17(2,3)16-19-14-13(15(24)20-16)21-22-23(14)10-12-7-5-4-6-11(12)8-9-25-18/h4-7H,10H2,1-3H3,(H,19,20,24). The molecule has 0 spiro atoms. The molecule has 6 nitrogen and oxygen atoms in total. The average molecular weight is 465 g/mol. The van der Waals surface area contributed by atoms with E-state index in [1.165, 1.54) is 8.93 Å². The summed E-state index contributed by atoms with van der Waals surface area (Å²) >= 11 is 2.14. The number of H-pyrrole nitrogens is 1. The Morgan fingerprint density at radius 3 is 2.80 bits per heavy atom. The third-order valence-electron chi connectivity index (χ3n) is 3.66. The van der Waals surface area contributed by atoms with Crippen LogP contribution in [0.15, 0.2) is 29.1 Å². The summed E-state index contributed by atoms with van der Waals surface area (Å²) in [4.78, 5) is 19.6. The summed E-state index contributed by atoms with van der Waals surface area (Å²) in [5.74, 6) is 3.74. The van der Waals surface area contributed by atoms with E-state index in [1.54, 1.807) is 4.68 Å². The van der Waals surface area contributed by atoms with E-state index in [4.69, 9.17) is 0 Å². The van der Waals surface area contributed by atoms with Crippen LogP contribution in [0.5, 0.6) is 0 Å². The van der Waals surface area contributed by atoms with Gasteiger partial charge in [0.2, 0.25) is 0 Å². The fourth-order valence-corrected chi connectivity index (χ4v) is 2.84. The van der Waals surface area contributed by atoms with Crippen molar-refractivity contribution in [3.8, 4) is 11.2 Å². The van der Waals surface area contributed by atoms with E-state index >= 15 is 0 Å². The summed E-state index contributed by atoms with van der Waals surface area (Å²) in [6.45, 7) is 6.46. The van der Waals surface area contributed by atoms with Gasteiger partial charge in [-0.05, 0) is 25.8 Å². The van der Waals surface area contributed by atoms with Gasteiger partial charge in [0, 0.05) is 32.2 Å². The van der Waals surface area contributed by atoms with Crippen LogP contribution in [0.3, 0.4) is 0 Å². The summed E-state index contributed by atoms with van der Waals surface area (Å²) in [7, 11) is 1.44. The minimum absolute atomic E-state index is 0.249. The lowest BCUT2D eigenvalue weighted by molar-refractivity contribution is 0.543. The Morgan fingerprint density at radius 1 is 1.32 bits per heavy atom. The zero-order chi connectivity index (χ0) is 18.0. The Kier molecular flexibility index (Phi) is 5.15. The number of aromatic amines is 1. The largest absolute Gasteiger partial charge is 0.326 e. The molecule has 0 aliphatic carbocycles. The van der Waals surface area contributed by atoms with Gasteiger partial charge < -0.3 is 4.98 Å². The van der Waals surface area contributed by atoms with Crippen LogP contribution in [0.25, 0.3) is 11.2 Å². The van der Waals surface area contributed by atoms with Crippen LogP contribution in [-0.2, 0) is 12.0 Å². The zero-order valence-electron chi connectivity index (χ0n) is 14.0. The minimum Gasteiger partial charge on any atom is -0.326 e. The molecule has 2 aromatic heterocycles. The van der Waals surface area contributed by atoms with Gasteiger partial charge in [0.15, 0.2) is 11.2 Å². The summed E-state index contributed by atoms with van der Waals surface area (Å²) in [5, 5.41) is 11.1. The van der Waals surface area contributed by atoms with Gasteiger partial charge in [-0.1, -0.05) is 50.1 Å². The average Bonchev–Trinajstić information content (AvgIpc) is 2.97. The summed E-state index contributed by atoms with van der Waals surface area (Å²) in [6.07, 6.45) is 0. The summed E-state index contributed by atoms with van der Waals surface area (Å²) in [6, 6.07) is 7.88. The third-order valence-corrected chi connectivity index (χ3v) is 4.50. The van der Waals surface area contributed by atoms with Crippen LogP contribution in [0, 0.1) is 11.2 Å². The maximum Gasteiger partial charge on any atom is 0.303 e. The van der Waals surface area contributed by atoms with E-state index < -0.39 is 0 Å². The molecule has 2 heterocycles. The van der Waals surface area contributed by atoms with Crippen molar-refractivity contribution >= 4 is 41.3 Å². The molecule has 3 aromatic rings. The number of hydrogen-bond donors (Lipinski definition) is 1. The molecule has 8 heteroatoms. The quantitative estimate of drug-likeness (QED) is 0.465. The molecule has 0 atom stereocenters. The highest BCUT2D eigenvalue weighted by Crippen LogP contribution is 2.19. The van der Waals surface area contributed by atoms with E-state index in [2.05, 4.69) is 52.7 Å². The number of nitrogens with one attached hydrogen (secondary N) is 1. The number of hydrogen-bond acceptors (Lipinski definition) is 5. The second-order valence-corrected chi connectivity index (χ2v) is 8.23. The Bertz CT molecular complexity index is 1040. The summed E-state index contributed by atoms with van der Waals surface area (Å²) < 4.78 is 1.69. The number of benzene rings is 1. The normalized spacial score (nSPS) is 11.4. The predicted octanol–water partition coefficient (Wildman–Crippen LogP) is 3.25. The molecule has 0 bridgehead atoms. The molecule has 0 saturated heterocycles. The molecule has 0 saturated carbocycles. The molecule has 25 heavy (non-hydrogen) atoms. The van der Waals surface area contributed by atoms with Gasteiger partial charge in [0.25, 0.3) is 0 Å². The third kappa shape index (κ3) is 3.88. The second-order valence-electron chi connectivity index (χ2n) is 6.55. The molecule has 1 N–H and O–H groups in total. The highest BCUT2D eigenvalue weighted by molar-refractivity contribution is 14.2. The Labute approximate surface area is 161 Å². The smallest absolute Gasteiger partial charge is 0.303 e. The topological polar surface area (TPSA) is 76.5 Å². The first-order chi connectivity index (χ1) is 11.9. The van der Waals surface area contributed by atoms with E-state index in [9.17, 15) is 4.79 Å². The first kappa shape index (κ1) is 17.9. The van der Waals surface area contributed by atoms with Gasteiger partial charge in [-0.15, -0.1) is 5.10 Å². The number of aromatic nitrogens is 5. The van der Waals surface area contributed by atoms with Crippen LogP contribution < -0.4 is 5.56 Å². The molecule has 0 radical (unpaired) electrons. The van der Waals surface area contributed by atoms with Crippen molar-refractivity contribution < 1.29 is 0 Å². The lowest BCUT2D eigenvalue weighted by Gasteiger charge is -2.16. The van der Waals surface area contributed by atoms with Gasteiger partial charge in [-0.3, -0.25) is 4.79 Å². The molecular formula is C17H16IN5OS. The molecule has 0 unspecified atom stereocenters. The van der Waals surface area contributed by atoms with Gasteiger partial charge in [0.05, 0.1) is 6.54 Å². The molecule has 128 valence electrons. The van der Waals surface area contributed by atoms with E-state index in [0.717, 1.165) is 11.1 Å². The Balaban J connectivity index is 2.09. The monoisotopic (exact) mass is 465 g/mol. The van der Waals surface area contributed by atoms with Gasteiger partial charge >= 0.3 is 5.56 Å². The lowest BCUT2D eigenvalue weighted by Crippen LogP contribution is -2.22. The van der Waals surface area contributed by atoms with Crippen molar-refractivity contribution in [1.82, 2.24) is 25.0 Å². The second kappa shape index (κ2) is 7.17.